The highest BCUT2D eigenvalue weighted by molar-refractivity contribution is 5.87. The van der Waals surface area contributed by atoms with E-state index < -0.39 is 0 Å². The predicted octanol–water partition coefficient (Wildman–Crippen LogP) is -0.0306. The second kappa shape index (κ2) is 2.05. The number of hydrogen-bond donors (Lipinski definition) is 0. The number of carbonyl (C=O) groups is 1. The van der Waals surface area contributed by atoms with Gasteiger partial charge in [0.15, 0.2) is 0 Å². The highest BCUT2D eigenvalue weighted by Gasteiger charge is 2.14. The molecule has 0 aromatic heterocycles. The SMILES string of the molecule is CN1C=NCN(C)C1=O. The van der Waals surface area contributed by atoms with E-state index in [0.29, 0.717) is 6.67 Å². The highest BCUT2D eigenvalue weighted by Crippen LogP contribution is 1.95. The van der Waals surface area contributed by atoms with Crippen molar-refractivity contribution in [2.75, 3.05) is 20.8 Å². The lowest BCUT2D eigenvalue weighted by molar-refractivity contribution is 0.189. The van der Waals surface area contributed by atoms with Gasteiger partial charge < -0.3 is 4.90 Å². The van der Waals surface area contributed by atoms with Crippen molar-refractivity contribution in [2.24, 2.45) is 4.99 Å². The first-order valence-electron chi connectivity index (χ1n) is 2.69. The van der Waals surface area contributed by atoms with E-state index in [-0.39, 0.29) is 6.03 Å². The van der Waals surface area contributed by atoms with Gasteiger partial charge >= 0.3 is 6.03 Å². The minimum Gasteiger partial charge on any atom is -0.308 e. The molecule has 1 heterocycles. The Labute approximate surface area is 53.8 Å². The number of rotatable bonds is 0. The lowest BCUT2D eigenvalue weighted by atomic mass is 10.6. The molecule has 0 spiro atoms. The minimum atomic E-state index is -0.00926. The van der Waals surface area contributed by atoms with Gasteiger partial charge in [-0.3, -0.25) is 9.89 Å². The molecule has 4 nitrogen and oxygen atoms in total. The molecule has 0 saturated carbocycles. The van der Waals surface area contributed by atoms with Crippen LogP contribution in [0.2, 0.25) is 0 Å². The van der Waals surface area contributed by atoms with Gasteiger partial charge in [-0.15, -0.1) is 0 Å². The topological polar surface area (TPSA) is 35.9 Å². The molecule has 0 aliphatic carbocycles. The van der Waals surface area contributed by atoms with E-state index >= 15 is 0 Å². The normalized spacial score (nSPS) is 19.1. The number of aliphatic imine (C=N–C) groups is 1. The molecule has 9 heavy (non-hydrogen) atoms. The third-order valence-electron chi connectivity index (χ3n) is 1.18. The molecule has 0 radical (unpaired) electrons. The van der Waals surface area contributed by atoms with Crippen LogP contribution in [-0.4, -0.2) is 42.9 Å². The summed E-state index contributed by atoms with van der Waals surface area (Å²) in [5.41, 5.74) is 0. The summed E-state index contributed by atoms with van der Waals surface area (Å²) in [6, 6.07) is -0.00926. The largest absolute Gasteiger partial charge is 0.326 e. The Morgan fingerprint density at radius 3 is 2.78 bits per heavy atom. The van der Waals surface area contributed by atoms with E-state index in [1.54, 1.807) is 19.0 Å². The first-order valence-corrected chi connectivity index (χ1v) is 2.69. The van der Waals surface area contributed by atoms with Gasteiger partial charge in [0.05, 0.1) is 6.34 Å². The molecule has 0 aromatic carbocycles. The molecule has 0 aromatic rings. The van der Waals surface area contributed by atoms with Crippen LogP contribution in [0.1, 0.15) is 0 Å². The van der Waals surface area contributed by atoms with Crippen LogP contribution in [-0.2, 0) is 0 Å². The Morgan fingerprint density at radius 2 is 2.33 bits per heavy atom. The van der Waals surface area contributed by atoms with Crippen LogP contribution in [0.3, 0.4) is 0 Å². The summed E-state index contributed by atoms with van der Waals surface area (Å²) in [6.45, 7) is 0.475. The van der Waals surface area contributed by atoms with Gasteiger partial charge in [-0.1, -0.05) is 0 Å². The summed E-state index contributed by atoms with van der Waals surface area (Å²) < 4.78 is 0. The predicted molar refractivity (Wildman–Crippen MR) is 34.3 cm³/mol. The molecule has 0 unspecified atom stereocenters. The molecule has 0 saturated heterocycles. The Morgan fingerprint density at radius 1 is 1.67 bits per heavy atom. The van der Waals surface area contributed by atoms with E-state index in [0.717, 1.165) is 0 Å². The van der Waals surface area contributed by atoms with Crippen molar-refractivity contribution in [3.05, 3.63) is 0 Å². The zero-order valence-electron chi connectivity index (χ0n) is 5.53. The van der Waals surface area contributed by atoms with E-state index in [1.165, 1.54) is 11.2 Å². The fourth-order valence-electron chi connectivity index (χ4n) is 0.661. The van der Waals surface area contributed by atoms with E-state index in [1.807, 2.05) is 0 Å². The lowest BCUT2D eigenvalue weighted by Gasteiger charge is -2.23. The fraction of sp³-hybridized carbons (Fsp3) is 0.600. The van der Waals surface area contributed by atoms with Crippen molar-refractivity contribution in [3.63, 3.8) is 0 Å². The van der Waals surface area contributed by atoms with Gasteiger partial charge in [0, 0.05) is 14.1 Å². The zero-order valence-corrected chi connectivity index (χ0v) is 5.53. The molecule has 50 valence electrons. The maximum Gasteiger partial charge on any atom is 0.326 e. The van der Waals surface area contributed by atoms with Gasteiger partial charge in [-0.2, -0.15) is 0 Å². The molecule has 0 fully saturated rings. The second-order valence-electron chi connectivity index (χ2n) is 2.03. The Bertz CT molecular complexity index is 154. The van der Waals surface area contributed by atoms with Crippen molar-refractivity contribution < 1.29 is 4.79 Å². The summed E-state index contributed by atoms with van der Waals surface area (Å²) in [5, 5.41) is 0. The van der Waals surface area contributed by atoms with Crippen LogP contribution in [0.5, 0.6) is 0 Å². The third kappa shape index (κ3) is 1.01. The summed E-state index contributed by atoms with van der Waals surface area (Å²) in [4.78, 5) is 17.8. The molecular formula is C5H9N3O. The molecular weight excluding hydrogens is 118 g/mol. The maximum atomic E-state index is 10.9. The average Bonchev–Trinajstić information content (AvgIpc) is 1.83. The highest BCUT2D eigenvalue weighted by atomic mass is 16.2. The molecule has 0 N–H and O–H groups in total. The van der Waals surface area contributed by atoms with E-state index in [4.69, 9.17) is 0 Å². The van der Waals surface area contributed by atoms with Crippen molar-refractivity contribution in [2.45, 2.75) is 0 Å². The van der Waals surface area contributed by atoms with E-state index in [9.17, 15) is 4.79 Å². The van der Waals surface area contributed by atoms with Crippen molar-refractivity contribution in [1.29, 1.82) is 0 Å². The summed E-state index contributed by atoms with van der Waals surface area (Å²) in [6.07, 6.45) is 1.53. The number of amides is 2. The fourth-order valence-corrected chi connectivity index (χ4v) is 0.661. The molecule has 1 aliphatic rings. The van der Waals surface area contributed by atoms with Crippen LogP contribution in [0.4, 0.5) is 4.79 Å². The Balaban J connectivity index is 2.69. The monoisotopic (exact) mass is 127 g/mol. The number of urea groups is 1. The minimum absolute atomic E-state index is 0.00926. The molecule has 2 amide bonds. The van der Waals surface area contributed by atoms with Gasteiger partial charge in [0.25, 0.3) is 0 Å². The Hall–Kier alpha value is -1.06. The van der Waals surface area contributed by atoms with Crippen molar-refractivity contribution in [1.82, 2.24) is 9.80 Å². The smallest absolute Gasteiger partial charge is 0.308 e. The van der Waals surface area contributed by atoms with Gasteiger partial charge in [-0.25, -0.2) is 4.79 Å². The summed E-state index contributed by atoms with van der Waals surface area (Å²) in [5.74, 6) is 0. The van der Waals surface area contributed by atoms with Crippen molar-refractivity contribution >= 4 is 12.4 Å². The zero-order chi connectivity index (χ0) is 6.85. The molecule has 0 atom stereocenters. The molecule has 1 rings (SSSR count). The number of nitrogens with zero attached hydrogens (tertiary/aromatic N) is 3. The molecule has 4 heteroatoms. The molecule has 1 aliphatic heterocycles. The summed E-state index contributed by atoms with van der Waals surface area (Å²) >= 11 is 0. The standard InChI is InChI=1S/C5H9N3O/c1-7-3-6-4-8(2)5(7)9/h3H,4H2,1-2H3. The van der Waals surface area contributed by atoms with Crippen LogP contribution >= 0.6 is 0 Å². The van der Waals surface area contributed by atoms with Gasteiger partial charge in [0.1, 0.15) is 6.67 Å². The van der Waals surface area contributed by atoms with Crippen molar-refractivity contribution in [3.8, 4) is 0 Å². The second-order valence-corrected chi connectivity index (χ2v) is 2.03. The first kappa shape index (κ1) is 6.07. The summed E-state index contributed by atoms with van der Waals surface area (Å²) in [7, 11) is 3.40. The maximum absolute atomic E-state index is 10.9. The average molecular weight is 127 g/mol. The van der Waals surface area contributed by atoms with E-state index in [2.05, 4.69) is 4.99 Å². The lowest BCUT2D eigenvalue weighted by Crippen LogP contribution is -2.41. The molecule has 0 bridgehead atoms. The third-order valence-corrected chi connectivity index (χ3v) is 1.18. The van der Waals surface area contributed by atoms with Crippen LogP contribution in [0.15, 0.2) is 4.99 Å². The van der Waals surface area contributed by atoms with Crippen LogP contribution < -0.4 is 0 Å². The number of hydrogen-bond acceptors (Lipinski definition) is 2. The number of carbonyl (C=O) groups excluding carboxylic acids is 1. The van der Waals surface area contributed by atoms with Gasteiger partial charge in [0.2, 0.25) is 0 Å². The van der Waals surface area contributed by atoms with Crippen LogP contribution in [0, 0.1) is 0 Å². The quantitative estimate of drug-likeness (QED) is 0.450. The Kier molecular flexibility index (Phi) is 1.38. The van der Waals surface area contributed by atoms with Gasteiger partial charge in [-0.05, 0) is 0 Å². The van der Waals surface area contributed by atoms with Crippen LogP contribution in [0.25, 0.3) is 0 Å². The first-order chi connectivity index (χ1) is 4.22.